The minimum Gasteiger partial charge on any atom is -0.393 e. The third kappa shape index (κ3) is 2.40. The molecule has 0 saturated carbocycles. The van der Waals surface area contributed by atoms with Crippen molar-refractivity contribution in [3.63, 3.8) is 0 Å². The highest BCUT2D eigenvalue weighted by molar-refractivity contribution is 5.87. The molecule has 0 aromatic carbocycles. The number of ketones is 1. The Labute approximate surface area is 57.5 Å². The van der Waals surface area contributed by atoms with Gasteiger partial charge in [0.25, 0.3) is 0 Å². The van der Waals surface area contributed by atoms with Gasteiger partial charge in [0.15, 0.2) is 5.78 Å². The van der Waals surface area contributed by atoms with Crippen LogP contribution >= 0.6 is 0 Å². The average Bonchev–Trinajstić information content (AvgIpc) is 2.00. The third-order valence-corrected chi connectivity index (χ3v) is 1.00. The van der Waals surface area contributed by atoms with Gasteiger partial charge in [-0.1, -0.05) is 0 Å². The molecule has 10 heavy (non-hydrogen) atoms. The van der Waals surface area contributed by atoms with Crippen LogP contribution in [-0.4, -0.2) is 51.6 Å². The molecule has 5 heteroatoms. The van der Waals surface area contributed by atoms with E-state index in [0.717, 1.165) is 0 Å². The lowest BCUT2D eigenvalue weighted by Crippen LogP contribution is -2.36. The molecule has 0 unspecified atom stereocenters. The zero-order chi connectivity index (χ0) is 8.15. The summed E-state index contributed by atoms with van der Waals surface area (Å²) in [6, 6.07) is 0. The number of Topliss-reactive ketones (excluding diaryl/α,β-unsaturated/α-hetero) is 1. The highest BCUT2D eigenvalue weighted by Crippen LogP contribution is 1.90. The van der Waals surface area contributed by atoms with E-state index < -0.39 is 31.2 Å². The van der Waals surface area contributed by atoms with Gasteiger partial charge in [-0.15, -0.1) is 0 Å². The van der Waals surface area contributed by atoms with Crippen LogP contribution in [0.3, 0.4) is 0 Å². The lowest BCUT2D eigenvalue weighted by Gasteiger charge is -2.08. The molecule has 0 aromatic rings. The SMILES string of the molecule is O=C([C@H](O)CO)[13C@@H](O)[13CH2]O. The number of hydrogen-bond acceptors (Lipinski definition) is 5. The fourth-order valence-electron chi connectivity index (χ4n) is 0.402. The van der Waals surface area contributed by atoms with E-state index in [4.69, 9.17) is 20.4 Å². The first-order valence-corrected chi connectivity index (χ1v) is 2.75. The summed E-state index contributed by atoms with van der Waals surface area (Å²) >= 11 is 0. The molecule has 60 valence electrons. The van der Waals surface area contributed by atoms with Crippen LogP contribution in [0.4, 0.5) is 0 Å². The second-order valence-corrected chi connectivity index (χ2v) is 1.80. The van der Waals surface area contributed by atoms with Crippen LogP contribution in [0.25, 0.3) is 0 Å². The van der Waals surface area contributed by atoms with Crippen molar-refractivity contribution < 1.29 is 25.2 Å². The topological polar surface area (TPSA) is 98.0 Å². The van der Waals surface area contributed by atoms with Gasteiger partial charge in [-0.3, -0.25) is 4.79 Å². The van der Waals surface area contributed by atoms with E-state index in [9.17, 15) is 4.79 Å². The largest absolute Gasteiger partial charge is 0.393 e. The van der Waals surface area contributed by atoms with E-state index in [1.165, 1.54) is 0 Å². The van der Waals surface area contributed by atoms with Gasteiger partial charge in [-0.2, -0.15) is 0 Å². The van der Waals surface area contributed by atoms with Gasteiger partial charge in [0.1, 0.15) is 12.2 Å². The quantitative estimate of drug-likeness (QED) is 0.328. The van der Waals surface area contributed by atoms with Crippen molar-refractivity contribution in [3.8, 4) is 0 Å². The molecule has 0 radical (unpaired) electrons. The summed E-state index contributed by atoms with van der Waals surface area (Å²) in [6.07, 6.45) is -3.19. The van der Waals surface area contributed by atoms with E-state index in [2.05, 4.69) is 0 Å². The number of rotatable bonds is 4. The molecule has 2 atom stereocenters. The van der Waals surface area contributed by atoms with Crippen molar-refractivity contribution >= 4 is 5.78 Å². The number of hydrogen-bond donors (Lipinski definition) is 4. The van der Waals surface area contributed by atoms with Crippen LogP contribution in [-0.2, 0) is 4.79 Å². The minimum atomic E-state index is -1.60. The summed E-state index contributed by atoms with van der Waals surface area (Å²) in [6.45, 7) is -1.48. The van der Waals surface area contributed by atoms with E-state index in [-0.39, 0.29) is 0 Å². The Morgan fingerprint density at radius 1 is 1.10 bits per heavy atom. The molecule has 0 bridgehead atoms. The number of aliphatic hydroxyl groups excluding tert-OH is 4. The van der Waals surface area contributed by atoms with Crippen molar-refractivity contribution in [1.29, 1.82) is 0 Å². The monoisotopic (exact) mass is 152 g/mol. The molecule has 0 heterocycles. The van der Waals surface area contributed by atoms with Crippen LogP contribution in [0.1, 0.15) is 0 Å². The zero-order valence-electron chi connectivity index (χ0n) is 5.27. The normalized spacial score (nSPS) is 16.4. The summed E-state index contributed by atoms with van der Waals surface area (Å²) in [5.41, 5.74) is 0. The van der Waals surface area contributed by atoms with Gasteiger partial charge in [-0.25, -0.2) is 0 Å². The second-order valence-electron chi connectivity index (χ2n) is 1.80. The molecular formula is C5H10O5. The molecule has 0 aliphatic carbocycles. The van der Waals surface area contributed by atoms with E-state index in [0.29, 0.717) is 0 Å². The summed E-state index contributed by atoms with van der Waals surface area (Å²) < 4.78 is 0. The molecule has 4 N–H and O–H groups in total. The third-order valence-electron chi connectivity index (χ3n) is 1.00. The Balaban J connectivity index is 3.82. The van der Waals surface area contributed by atoms with Gasteiger partial charge in [0.2, 0.25) is 0 Å². The first-order valence-electron chi connectivity index (χ1n) is 2.75. The van der Waals surface area contributed by atoms with Crippen LogP contribution in [0.2, 0.25) is 0 Å². The standard InChI is InChI=1S/C5H10O5/c6-1-3(8)5(10)4(9)2-7/h3-4,6-9H,1-2H2/t3-,4+/i1+1,3+1/m0/s1. The minimum absolute atomic E-state index is 0.740. The summed E-state index contributed by atoms with van der Waals surface area (Å²) in [5.74, 6) is -0.968. The van der Waals surface area contributed by atoms with Crippen LogP contribution in [0, 0.1) is 0 Å². The summed E-state index contributed by atoms with van der Waals surface area (Å²) in [5, 5.41) is 33.5. The molecule has 0 aromatic heterocycles. The Kier molecular flexibility index (Phi) is 4.13. The highest BCUT2D eigenvalue weighted by atomic mass is 16.4. The van der Waals surface area contributed by atoms with Crippen molar-refractivity contribution in [2.75, 3.05) is 13.2 Å². The molecule has 0 rings (SSSR count). The molecule has 0 aliphatic rings. The molecule has 0 saturated heterocycles. The lowest BCUT2D eigenvalue weighted by atomic mass is 10.3. The van der Waals surface area contributed by atoms with Gasteiger partial charge in [-0.05, 0) is 0 Å². The number of carbonyl (C=O) groups is 1. The Hall–Kier alpha value is -0.490. The first-order chi connectivity index (χ1) is 4.63. The van der Waals surface area contributed by atoms with Crippen molar-refractivity contribution in [3.05, 3.63) is 0 Å². The van der Waals surface area contributed by atoms with Crippen LogP contribution < -0.4 is 0 Å². The molecule has 0 fully saturated rings. The highest BCUT2D eigenvalue weighted by Gasteiger charge is 2.21. The fraction of sp³-hybridized carbons (Fsp3) is 0.800. The van der Waals surface area contributed by atoms with Crippen molar-refractivity contribution in [1.82, 2.24) is 0 Å². The predicted octanol–water partition coefficient (Wildman–Crippen LogP) is -2.74. The smallest absolute Gasteiger partial charge is 0.194 e. The van der Waals surface area contributed by atoms with Gasteiger partial charge < -0.3 is 20.4 Å². The Morgan fingerprint density at radius 3 is 1.60 bits per heavy atom. The Morgan fingerprint density at radius 2 is 1.40 bits per heavy atom. The van der Waals surface area contributed by atoms with E-state index >= 15 is 0 Å². The van der Waals surface area contributed by atoms with Gasteiger partial charge in [0.05, 0.1) is 13.2 Å². The second kappa shape index (κ2) is 4.35. The molecular weight excluding hydrogens is 142 g/mol. The predicted molar refractivity (Wildman–Crippen MR) is 31.2 cm³/mol. The van der Waals surface area contributed by atoms with Gasteiger partial charge >= 0.3 is 0 Å². The summed E-state index contributed by atoms with van der Waals surface area (Å²) in [4.78, 5) is 10.5. The molecule has 0 spiro atoms. The number of aliphatic hydroxyl groups is 4. The molecule has 0 amide bonds. The van der Waals surface area contributed by atoms with Crippen molar-refractivity contribution in [2.45, 2.75) is 12.2 Å². The maximum Gasteiger partial charge on any atom is 0.194 e. The average molecular weight is 152 g/mol. The van der Waals surface area contributed by atoms with E-state index in [1.54, 1.807) is 0 Å². The Bertz CT molecular complexity index is 101. The van der Waals surface area contributed by atoms with Crippen LogP contribution in [0.15, 0.2) is 0 Å². The maximum absolute atomic E-state index is 10.5. The summed E-state index contributed by atoms with van der Waals surface area (Å²) in [7, 11) is 0. The zero-order valence-corrected chi connectivity index (χ0v) is 5.27. The number of carbonyl (C=O) groups excluding carboxylic acids is 1. The van der Waals surface area contributed by atoms with E-state index in [1.807, 2.05) is 0 Å². The first kappa shape index (κ1) is 9.51. The maximum atomic E-state index is 10.5. The van der Waals surface area contributed by atoms with Crippen LogP contribution in [0.5, 0.6) is 0 Å². The lowest BCUT2D eigenvalue weighted by molar-refractivity contribution is -0.139. The molecule has 5 nitrogen and oxygen atoms in total. The van der Waals surface area contributed by atoms with Gasteiger partial charge in [0, 0.05) is 0 Å². The fourth-order valence-corrected chi connectivity index (χ4v) is 0.402. The van der Waals surface area contributed by atoms with Crippen molar-refractivity contribution in [2.24, 2.45) is 0 Å². The molecule has 0 aliphatic heterocycles.